The van der Waals surface area contributed by atoms with Crippen molar-refractivity contribution >= 4 is 11.8 Å². The smallest absolute Gasteiger partial charge is 0.296 e. The van der Waals surface area contributed by atoms with Crippen LogP contribution in [0.2, 0.25) is 0 Å². The summed E-state index contributed by atoms with van der Waals surface area (Å²) in [6, 6.07) is 0. The van der Waals surface area contributed by atoms with Crippen LogP contribution in [0.25, 0.3) is 0 Å². The zero-order chi connectivity index (χ0) is 10.1. The van der Waals surface area contributed by atoms with E-state index in [0.717, 1.165) is 0 Å². The van der Waals surface area contributed by atoms with Gasteiger partial charge in [-0.15, -0.1) is 6.42 Å². The molecule has 0 aromatic heterocycles. The van der Waals surface area contributed by atoms with Crippen LogP contribution in [-0.2, 0) is 9.59 Å². The van der Waals surface area contributed by atoms with E-state index in [9.17, 15) is 9.59 Å². The summed E-state index contributed by atoms with van der Waals surface area (Å²) in [5, 5.41) is 4.69. The molecule has 68 valence electrons. The van der Waals surface area contributed by atoms with Gasteiger partial charge < -0.3 is 10.6 Å². The second-order valence-electron chi connectivity index (χ2n) is 2.04. The van der Waals surface area contributed by atoms with Crippen LogP contribution in [0.15, 0.2) is 0 Å². The first kappa shape index (κ1) is 11.1. The summed E-state index contributed by atoms with van der Waals surface area (Å²) in [4.78, 5) is 21.6. The van der Waals surface area contributed by atoms with Crippen LogP contribution >= 0.6 is 0 Å². The molecule has 0 aromatic carbocycles. The highest BCUT2D eigenvalue weighted by Crippen LogP contribution is 1.65. The van der Waals surface area contributed by atoms with Gasteiger partial charge in [-0.25, -0.2) is 0 Å². The molecular formula is C9H10N2O2. The van der Waals surface area contributed by atoms with Crippen molar-refractivity contribution in [3.63, 3.8) is 0 Å². The fourth-order valence-electron chi connectivity index (χ4n) is 0.530. The molecule has 0 unspecified atom stereocenters. The van der Waals surface area contributed by atoms with E-state index in [2.05, 4.69) is 28.4 Å². The third kappa shape index (κ3) is 6.46. The van der Waals surface area contributed by atoms with E-state index in [1.54, 1.807) is 0 Å². The Morgan fingerprint density at radius 1 is 1.38 bits per heavy atom. The molecule has 0 aliphatic carbocycles. The molecule has 0 rings (SSSR count). The standard InChI is InChI=1S/C9H10N2O2/c1-3-5-8(12)11-7-9(13)10-6-4-2/h2H,6-7H2,1H3,(H,10,13)(H,11,12). The van der Waals surface area contributed by atoms with Gasteiger partial charge in [0.05, 0.1) is 13.1 Å². The molecule has 0 saturated carbocycles. The van der Waals surface area contributed by atoms with Gasteiger partial charge in [0, 0.05) is 0 Å². The minimum atomic E-state index is -0.474. The summed E-state index contributed by atoms with van der Waals surface area (Å²) in [6.07, 6.45) is 4.91. The second-order valence-corrected chi connectivity index (χ2v) is 2.04. The average molecular weight is 178 g/mol. The van der Waals surface area contributed by atoms with Crippen LogP contribution < -0.4 is 10.6 Å². The Kier molecular flexibility index (Phi) is 5.74. The number of hydrogen-bond acceptors (Lipinski definition) is 2. The fraction of sp³-hybridized carbons (Fsp3) is 0.333. The van der Waals surface area contributed by atoms with Gasteiger partial charge in [-0.3, -0.25) is 9.59 Å². The number of terminal acetylenes is 1. The molecule has 0 atom stereocenters. The zero-order valence-electron chi connectivity index (χ0n) is 7.31. The Labute approximate surface area is 77.1 Å². The first-order chi connectivity index (χ1) is 6.20. The molecule has 2 amide bonds. The van der Waals surface area contributed by atoms with Crippen molar-refractivity contribution < 1.29 is 9.59 Å². The van der Waals surface area contributed by atoms with Gasteiger partial charge in [0.25, 0.3) is 5.91 Å². The highest BCUT2D eigenvalue weighted by atomic mass is 16.2. The van der Waals surface area contributed by atoms with E-state index in [4.69, 9.17) is 6.42 Å². The molecule has 0 fully saturated rings. The second kappa shape index (κ2) is 6.75. The molecule has 13 heavy (non-hydrogen) atoms. The van der Waals surface area contributed by atoms with E-state index in [1.807, 2.05) is 0 Å². The van der Waals surface area contributed by atoms with Gasteiger partial charge in [-0.05, 0) is 12.8 Å². The monoisotopic (exact) mass is 178 g/mol. The number of hydrogen-bond donors (Lipinski definition) is 2. The Hall–Kier alpha value is -1.94. The molecule has 0 heterocycles. The fourth-order valence-corrected chi connectivity index (χ4v) is 0.530. The molecule has 0 radical (unpaired) electrons. The highest BCUT2D eigenvalue weighted by Gasteiger charge is 2.00. The van der Waals surface area contributed by atoms with Crippen molar-refractivity contribution in [2.24, 2.45) is 0 Å². The van der Waals surface area contributed by atoms with Gasteiger partial charge in [-0.1, -0.05) is 11.8 Å². The summed E-state index contributed by atoms with van der Waals surface area (Å²) < 4.78 is 0. The number of amides is 2. The summed E-state index contributed by atoms with van der Waals surface area (Å²) >= 11 is 0. The largest absolute Gasteiger partial charge is 0.344 e. The molecule has 0 bridgehead atoms. The van der Waals surface area contributed by atoms with Gasteiger partial charge in [0.2, 0.25) is 5.91 Å². The first-order valence-corrected chi connectivity index (χ1v) is 3.61. The Balaban J connectivity index is 3.63. The van der Waals surface area contributed by atoms with Crippen molar-refractivity contribution in [1.82, 2.24) is 10.6 Å². The Morgan fingerprint density at radius 3 is 2.62 bits per heavy atom. The lowest BCUT2D eigenvalue weighted by atomic mass is 10.5. The van der Waals surface area contributed by atoms with Crippen LogP contribution in [0.5, 0.6) is 0 Å². The third-order valence-electron chi connectivity index (χ3n) is 1.04. The SMILES string of the molecule is C#CCNC(=O)CNC(=O)C#CC. The van der Waals surface area contributed by atoms with E-state index >= 15 is 0 Å². The van der Waals surface area contributed by atoms with E-state index in [-0.39, 0.29) is 19.0 Å². The van der Waals surface area contributed by atoms with Crippen LogP contribution in [0.4, 0.5) is 0 Å². The maximum Gasteiger partial charge on any atom is 0.296 e. The van der Waals surface area contributed by atoms with Crippen molar-refractivity contribution in [2.75, 3.05) is 13.1 Å². The first-order valence-electron chi connectivity index (χ1n) is 3.61. The van der Waals surface area contributed by atoms with E-state index in [0.29, 0.717) is 0 Å². The molecule has 0 aromatic rings. The van der Waals surface area contributed by atoms with E-state index in [1.165, 1.54) is 6.92 Å². The maximum atomic E-state index is 10.8. The molecule has 2 N–H and O–H groups in total. The van der Waals surface area contributed by atoms with Crippen LogP contribution in [0.3, 0.4) is 0 Å². The normalized spacial score (nSPS) is 7.38. The molecule has 4 heteroatoms. The van der Waals surface area contributed by atoms with Crippen molar-refractivity contribution in [3.8, 4) is 24.2 Å². The van der Waals surface area contributed by atoms with Crippen LogP contribution in [0.1, 0.15) is 6.92 Å². The van der Waals surface area contributed by atoms with Gasteiger partial charge >= 0.3 is 0 Å². The minimum absolute atomic E-state index is 0.102. The lowest BCUT2D eigenvalue weighted by molar-refractivity contribution is -0.123. The minimum Gasteiger partial charge on any atom is -0.344 e. The van der Waals surface area contributed by atoms with Gasteiger partial charge in [-0.2, -0.15) is 0 Å². The summed E-state index contributed by atoms with van der Waals surface area (Å²) in [6.45, 7) is 1.60. The van der Waals surface area contributed by atoms with Crippen LogP contribution in [-0.4, -0.2) is 24.9 Å². The number of nitrogens with one attached hydrogen (secondary N) is 2. The summed E-state index contributed by atoms with van der Waals surface area (Å²) in [5.74, 6) is 6.08. The third-order valence-corrected chi connectivity index (χ3v) is 1.04. The number of carbonyl (C=O) groups is 2. The lowest BCUT2D eigenvalue weighted by Gasteiger charge is -2.00. The lowest BCUT2D eigenvalue weighted by Crippen LogP contribution is -2.36. The van der Waals surface area contributed by atoms with E-state index < -0.39 is 5.91 Å². The quantitative estimate of drug-likeness (QED) is 0.537. The molecule has 0 aliphatic rings. The van der Waals surface area contributed by atoms with Crippen molar-refractivity contribution in [1.29, 1.82) is 0 Å². The van der Waals surface area contributed by atoms with Crippen molar-refractivity contribution in [3.05, 3.63) is 0 Å². The summed E-state index contributed by atoms with van der Waals surface area (Å²) in [5.41, 5.74) is 0. The predicted octanol–water partition coefficient (Wildman–Crippen LogP) is -1.12. The predicted molar refractivity (Wildman–Crippen MR) is 48.3 cm³/mol. The zero-order valence-corrected chi connectivity index (χ0v) is 7.31. The topological polar surface area (TPSA) is 58.2 Å². The van der Waals surface area contributed by atoms with Gasteiger partial charge in [0.15, 0.2) is 0 Å². The average Bonchev–Trinajstić information content (AvgIpc) is 2.12. The highest BCUT2D eigenvalue weighted by molar-refractivity contribution is 5.95. The molecule has 4 nitrogen and oxygen atoms in total. The Bertz CT molecular complexity index is 291. The number of carbonyl (C=O) groups excluding carboxylic acids is 2. The maximum absolute atomic E-state index is 10.8. The molecule has 0 saturated heterocycles. The number of rotatable bonds is 3. The van der Waals surface area contributed by atoms with Crippen LogP contribution in [0, 0.1) is 24.2 Å². The summed E-state index contributed by atoms with van der Waals surface area (Å²) in [7, 11) is 0. The Morgan fingerprint density at radius 2 is 2.08 bits per heavy atom. The van der Waals surface area contributed by atoms with Crippen molar-refractivity contribution in [2.45, 2.75) is 6.92 Å². The van der Waals surface area contributed by atoms with Gasteiger partial charge in [0.1, 0.15) is 0 Å². The molecular weight excluding hydrogens is 168 g/mol. The molecule has 0 spiro atoms. The molecule has 0 aliphatic heterocycles.